The van der Waals surface area contributed by atoms with Crippen molar-refractivity contribution < 1.29 is 9.53 Å². The number of rotatable bonds is 2. The van der Waals surface area contributed by atoms with Gasteiger partial charge in [0.05, 0.1) is 7.11 Å². The van der Waals surface area contributed by atoms with Crippen molar-refractivity contribution in [3.05, 3.63) is 29.3 Å². The maximum Gasteiger partial charge on any atom is 0.133 e. The molecule has 1 aliphatic rings. The number of carbonyl (C=O) groups is 1. The molecule has 16 heavy (non-hydrogen) atoms. The molecule has 0 bridgehead atoms. The van der Waals surface area contributed by atoms with Gasteiger partial charge in [0.2, 0.25) is 0 Å². The van der Waals surface area contributed by atoms with Crippen LogP contribution in [-0.4, -0.2) is 12.9 Å². The fourth-order valence-electron chi connectivity index (χ4n) is 2.46. The zero-order chi connectivity index (χ0) is 11.5. The van der Waals surface area contributed by atoms with Crippen LogP contribution in [0.3, 0.4) is 0 Å². The SMILES string of the molecule is COc1ccc(C)cc1C1CCCC(=O)C1. The van der Waals surface area contributed by atoms with Gasteiger partial charge in [-0.2, -0.15) is 0 Å². The Bertz CT molecular complexity index is 396. The first-order valence-corrected chi connectivity index (χ1v) is 5.87. The Morgan fingerprint density at radius 3 is 2.88 bits per heavy atom. The van der Waals surface area contributed by atoms with Crippen molar-refractivity contribution >= 4 is 5.78 Å². The summed E-state index contributed by atoms with van der Waals surface area (Å²) in [4.78, 5) is 11.5. The molecule has 2 nitrogen and oxygen atoms in total. The van der Waals surface area contributed by atoms with E-state index in [0.717, 1.165) is 25.0 Å². The third-order valence-corrected chi connectivity index (χ3v) is 3.31. The summed E-state index contributed by atoms with van der Waals surface area (Å²) < 4.78 is 5.38. The number of hydrogen-bond donors (Lipinski definition) is 0. The fourth-order valence-corrected chi connectivity index (χ4v) is 2.46. The average molecular weight is 218 g/mol. The molecule has 1 saturated carbocycles. The monoisotopic (exact) mass is 218 g/mol. The second-order valence-electron chi connectivity index (χ2n) is 4.58. The van der Waals surface area contributed by atoms with E-state index in [-0.39, 0.29) is 0 Å². The average Bonchev–Trinajstić information content (AvgIpc) is 2.29. The van der Waals surface area contributed by atoms with Gasteiger partial charge in [-0.05, 0) is 37.3 Å². The lowest BCUT2D eigenvalue weighted by molar-refractivity contribution is -0.120. The van der Waals surface area contributed by atoms with Gasteiger partial charge in [0.1, 0.15) is 11.5 Å². The first-order chi connectivity index (χ1) is 7.70. The number of benzene rings is 1. The second-order valence-corrected chi connectivity index (χ2v) is 4.58. The molecule has 2 rings (SSSR count). The van der Waals surface area contributed by atoms with Crippen LogP contribution in [0.4, 0.5) is 0 Å². The van der Waals surface area contributed by atoms with Gasteiger partial charge in [0.25, 0.3) is 0 Å². The van der Waals surface area contributed by atoms with E-state index in [0.29, 0.717) is 18.1 Å². The summed E-state index contributed by atoms with van der Waals surface area (Å²) in [6.07, 6.45) is 3.55. The van der Waals surface area contributed by atoms with Gasteiger partial charge >= 0.3 is 0 Å². The number of ketones is 1. The predicted molar refractivity (Wildman–Crippen MR) is 63.9 cm³/mol. The lowest BCUT2D eigenvalue weighted by Crippen LogP contribution is -2.14. The van der Waals surface area contributed by atoms with E-state index in [1.807, 2.05) is 12.1 Å². The molecule has 2 heteroatoms. The molecule has 0 aromatic heterocycles. The molecule has 1 aromatic carbocycles. The van der Waals surface area contributed by atoms with Crippen molar-refractivity contribution in [3.8, 4) is 5.75 Å². The summed E-state index contributed by atoms with van der Waals surface area (Å²) >= 11 is 0. The Labute approximate surface area is 96.6 Å². The number of carbonyl (C=O) groups excluding carboxylic acids is 1. The maximum atomic E-state index is 11.5. The first kappa shape index (κ1) is 11.2. The number of ether oxygens (including phenoxy) is 1. The van der Waals surface area contributed by atoms with Crippen LogP contribution in [0, 0.1) is 6.92 Å². The van der Waals surface area contributed by atoms with Gasteiger partial charge < -0.3 is 4.74 Å². The predicted octanol–water partition coefficient (Wildman–Crippen LogP) is 3.23. The zero-order valence-corrected chi connectivity index (χ0v) is 9.95. The highest BCUT2D eigenvalue weighted by Gasteiger charge is 2.23. The van der Waals surface area contributed by atoms with Crippen LogP contribution in [0.1, 0.15) is 42.7 Å². The van der Waals surface area contributed by atoms with Crippen LogP contribution in [0.2, 0.25) is 0 Å². The first-order valence-electron chi connectivity index (χ1n) is 5.87. The molecule has 0 saturated heterocycles. The molecule has 0 radical (unpaired) electrons. The van der Waals surface area contributed by atoms with Gasteiger partial charge in [0, 0.05) is 12.8 Å². The maximum absolute atomic E-state index is 11.5. The molecule has 0 amide bonds. The molecule has 0 heterocycles. The van der Waals surface area contributed by atoms with E-state index in [4.69, 9.17) is 4.74 Å². The van der Waals surface area contributed by atoms with Crippen LogP contribution in [-0.2, 0) is 4.79 Å². The molecule has 0 aliphatic heterocycles. The van der Waals surface area contributed by atoms with Crippen molar-refractivity contribution in [2.45, 2.75) is 38.5 Å². The van der Waals surface area contributed by atoms with Crippen molar-refractivity contribution in [3.63, 3.8) is 0 Å². The molecule has 1 fully saturated rings. The van der Waals surface area contributed by atoms with Gasteiger partial charge in [-0.15, -0.1) is 0 Å². The summed E-state index contributed by atoms with van der Waals surface area (Å²) in [5.74, 6) is 1.67. The summed E-state index contributed by atoms with van der Waals surface area (Å²) in [5.41, 5.74) is 2.43. The summed E-state index contributed by atoms with van der Waals surface area (Å²) in [6.45, 7) is 2.08. The number of hydrogen-bond acceptors (Lipinski definition) is 2. The Kier molecular flexibility index (Phi) is 3.28. The van der Waals surface area contributed by atoms with E-state index in [9.17, 15) is 4.79 Å². The van der Waals surface area contributed by atoms with Crippen LogP contribution in [0.25, 0.3) is 0 Å². The van der Waals surface area contributed by atoms with Crippen LogP contribution < -0.4 is 4.74 Å². The highest BCUT2D eigenvalue weighted by molar-refractivity contribution is 5.80. The molecule has 0 spiro atoms. The van der Waals surface area contributed by atoms with Crippen molar-refractivity contribution in [2.75, 3.05) is 7.11 Å². The molecular formula is C14H18O2. The number of aryl methyl sites for hydroxylation is 1. The topological polar surface area (TPSA) is 26.3 Å². The third-order valence-electron chi connectivity index (χ3n) is 3.31. The van der Waals surface area contributed by atoms with Gasteiger partial charge in [-0.25, -0.2) is 0 Å². The Morgan fingerprint density at radius 1 is 1.38 bits per heavy atom. The lowest BCUT2D eigenvalue weighted by atomic mass is 9.82. The van der Waals surface area contributed by atoms with Gasteiger partial charge in [0.15, 0.2) is 0 Å². The molecule has 1 aliphatic carbocycles. The second kappa shape index (κ2) is 4.69. The van der Waals surface area contributed by atoms with Gasteiger partial charge in [-0.3, -0.25) is 4.79 Å². The van der Waals surface area contributed by atoms with Crippen molar-refractivity contribution in [2.24, 2.45) is 0 Å². The smallest absolute Gasteiger partial charge is 0.133 e. The zero-order valence-electron chi connectivity index (χ0n) is 9.95. The van der Waals surface area contributed by atoms with E-state index in [1.54, 1.807) is 7.11 Å². The molecule has 86 valence electrons. The van der Waals surface area contributed by atoms with Crippen LogP contribution >= 0.6 is 0 Å². The Balaban J connectivity index is 2.30. The number of Topliss-reactive ketones (excluding diaryl/α,β-unsaturated/α-hetero) is 1. The molecular weight excluding hydrogens is 200 g/mol. The standard InChI is InChI=1S/C14H18O2/c1-10-6-7-14(16-2)13(8-10)11-4-3-5-12(15)9-11/h6-8,11H,3-5,9H2,1-2H3. The Hall–Kier alpha value is -1.31. The van der Waals surface area contributed by atoms with E-state index in [1.165, 1.54) is 11.1 Å². The summed E-state index contributed by atoms with van der Waals surface area (Å²) in [5, 5.41) is 0. The summed E-state index contributed by atoms with van der Waals surface area (Å²) in [7, 11) is 1.69. The van der Waals surface area contributed by atoms with Gasteiger partial charge in [-0.1, -0.05) is 17.7 Å². The molecule has 0 N–H and O–H groups in total. The van der Waals surface area contributed by atoms with Crippen LogP contribution in [0.15, 0.2) is 18.2 Å². The fraction of sp³-hybridized carbons (Fsp3) is 0.500. The Morgan fingerprint density at radius 2 is 2.19 bits per heavy atom. The normalized spacial score (nSPS) is 20.9. The number of methoxy groups -OCH3 is 1. The van der Waals surface area contributed by atoms with E-state index < -0.39 is 0 Å². The molecule has 1 unspecified atom stereocenters. The van der Waals surface area contributed by atoms with E-state index >= 15 is 0 Å². The summed E-state index contributed by atoms with van der Waals surface area (Å²) in [6, 6.07) is 6.21. The third kappa shape index (κ3) is 2.26. The van der Waals surface area contributed by atoms with Crippen molar-refractivity contribution in [1.29, 1.82) is 0 Å². The van der Waals surface area contributed by atoms with Crippen LogP contribution in [0.5, 0.6) is 5.75 Å². The highest BCUT2D eigenvalue weighted by Crippen LogP contribution is 2.36. The minimum atomic E-state index is 0.357. The highest BCUT2D eigenvalue weighted by atomic mass is 16.5. The van der Waals surface area contributed by atoms with Crippen molar-refractivity contribution in [1.82, 2.24) is 0 Å². The largest absolute Gasteiger partial charge is 0.496 e. The van der Waals surface area contributed by atoms with E-state index in [2.05, 4.69) is 13.0 Å². The molecule has 1 atom stereocenters. The molecule has 1 aromatic rings. The minimum Gasteiger partial charge on any atom is -0.496 e. The lowest BCUT2D eigenvalue weighted by Gasteiger charge is -2.23. The minimum absolute atomic E-state index is 0.357. The quantitative estimate of drug-likeness (QED) is 0.761.